The molecular formula is C13H9Cl2N5O5. The molecule has 1 aromatic carbocycles. The molecule has 10 nitrogen and oxygen atoms in total. The van der Waals surface area contributed by atoms with Gasteiger partial charge in [-0.2, -0.15) is 5.10 Å². The average molecular weight is 386 g/mol. The van der Waals surface area contributed by atoms with Gasteiger partial charge in [-0.05, 0) is 24.3 Å². The van der Waals surface area contributed by atoms with E-state index in [1.54, 1.807) is 0 Å². The van der Waals surface area contributed by atoms with Crippen LogP contribution in [0.4, 0.5) is 21.2 Å². The van der Waals surface area contributed by atoms with E-state index in [4.69, 9.17) is 33.4 Å². The Morgan fingerprint density at radius 3 is 2.64 bits per heavy atom. The topological polar surface area (TPSA) is 144 Å². The Morgan fingerprint density at radius 2 is 2.04 bits per heavy atom. The van der Waals surface area contributed by atoms with E-state index in [2.05, 4.69) is 10.4 Å². The largest absolute Gasteiger partial charge is 0.433 e. The van der Waals surface area contributed by atoms with Crippen molar-refractivity contribution in [2.45, 2.75) is 0 Å². The Morgan fingerprint density at radius 1 is 1.32 bits per heavy atom. The number of nitro groups is 1. The lowest BCUT2D eigenvalue weighted by atomic mass is 10.3. The number of hydrogen-bond donors (Lipinski definition) is 2. The minimum atomic E-state index is -1.20. The molecule has 130 valence electrons. The molecule has 3 N–H and O–H groups in total. The molecular weight excluding hydrogens is 377 g/mol. The van der Waals surface area contributed by atoms with Gasteiger partial charge in [-0.25, -0.2) is 9.59 Å². The first-order chi connectivity index (χ1) is 11.8. The van der Waals surface area contributed by atoms with Crippen LogP contribution in [0.1, 0.15) is 5.76 Å². The van der Waals surface area contributed by atoms with Crippen molar-refractivity contribution in [2.75, 3.05) is 5.32 Å². The van der Waals surface area contributed by atoms with Gasteiger partial charge in [0, 0.05) is 5.02 Å². The summed E-state index contributed by atoms with van der Waals surface area (Å²) in [5, 5.41) is 17.1. The third kappa shape index (κ3) is 4.68. The molecule has 0 unspecified atom stereocenters. The maximum absolute atomic E-state index is 12.1. The quantitative estimate of drug-likeness (QED) is 0.470. The minimum absolute atomic E-state index is 0.0634. The summed E-state index contributed by atoms with van der Waals surface area (Å²) >= 11 is 11.7. The molecule has 0 bridgehead atoms. The van der Waals surface area contributed by atoms with E-state index in [1.165, 1.54) is 24.3 Å². The molecule has 12 heteroatoms. The van der Waals surface area contributed by atoms with Gasteiger partial charge in [0.25, 0.3) is 0 Å². The summed E-state index contributed by atoms with van der Waals surface area (Å²) in [5.41, 5.74) is 5.22. The van der Waals surface area contributed by atoms with Crippen molar-refractivity contribution in [3.8, 4) is 0 Å². The summed E-state index contributed by atoms with van der Waals surface area (Å²) in [5.74, 6) is -0.589. The first-order valence-corrected chi connectivity index (χ1v) is 7.17. The van der Waals surface area contributed by atoms with Gasteiger partial charge in [0.1, 0.15) is 4.92 Å². The van der Waals surface area contributed by atoms with Crippen molar-refractivity contribution in [3.63, 3.8) is 0 Å². The van der Waals surface area contributed by atoms with E-state index < -0.39 is 22.9 Å². The molecule has 4 amide bonds. The zero-order valence-corrected chi connectivity index (χ0v) is 13.7. The molecule has 0 atom stereocenters. The third-order valence-electron chi connectivity index (χ3n) is 2.66. The Labute approximate surface area is 149 Å². The number of amides is 4. The number of carbonyl (C=O) groups is 2. The standard InChI is InChI=1S/C13H9Cl2N5O5/c14-7-1-3-9(15)10(5-7)18-13(22)19(12(16)21)17-6-8-2-4-11(25-8)20(23)24/h1-6H,(H2,16,21)(H,18,22)/b17-6+. The normalized spacial score (nSPS) is 10.6. The van der Waals surface area contributed by atoms with Gasteiger partial charge in [0.2, 0.25) is 0 Å². The van der Waals surface area contributed by atoms with Crippen LogP contribution in [0.3, 0.4) is 0 Å². The predicted molar refractivity (Wildman–Crippen MR) is 89.9 cm³/mol. The predicted octanol–water partition coefficient (Wildman–Crippen LogP) is 3.44. The van der Waals surface area contributed by atoms with Crippen molar-refractivity contribution in [3.05, 3.63) is 56.3 Å². The van der Waals surface area contributed by atoms with Gasteiger partial charge in [-0.3, -0.25) is 10.1 Å². The molecule has 2 rings (SSSR count). The van der Waals surface area contributed by atoms with Crippen molar-refractivity contribution in [2.24, 2.45) is 10.8 Å². The van der Waals surface area contributed by atoms with Gasteiger partial charge in [-0.15, -0.1) is 5.01 Å². The van der Waals surface area contributed by atoms with Crippen LogP contribution in [0, 0.1) is 10.1 Å². The number of halogens is 2. The van der Waals surface area contributed by atoms with Gasteiger partial charge in [0.15, 0.2) is 5.76 Å². The molecule has 0 radical (unpaired) electrons. The van der Waals surface area contributed by atoms with E-state index in [-0.39, 0.29) is 21.5 Å². The summed E-state index contributed by atoms with van der Waals surface area (Å²) in [6.07, 6.45) is 0.914. The highest BCUT2D eigenvalue weighted by Gasteiger charge is 2.20. The number of urea groups is 2. The van der Waals surface area contributed by atoms with E-state index in [9.17, 15) is 19.7 Å². The number of anilines is 1. The SMILES string of the molecule is NC(=O)N(/N=C/c1ccc([N+](=O)[O-])o1)C(=O)Nc1cc(Cl)ccc1Cl. The van der Waals surface area contributed by atoms with E-state index in [1.807, 2.05) is 0 Å². The van der Waals surface area contributed by atoms with Crippen molar-refractivity contribution >= 4 is 53.1 Å². The Hall–Kier alpha value is -3.11. The summed E-state index contributed by atoms with van der Waals surface area (Å²) in [4.78, 5) is 33.3. The Balaban J connectivity index is 2.17. The fourth-order valence-electron chi connectivity index (χ4n) is 1.60. The number of nitrogens with two attached hydrogens (primary N) is 1. The van der Waals surface area contributed by atoms with Gasteiger partial charge >= 0.3 is 17.9 Å². The maximum Gasteiger partial charge on any atom is 0.433 e. The highest BCUT2D eigenvalue weighted by atomic mass is 35.5. The lowest BCUT2D eigenvalue weighted by Gasteiger charge is -2.14. The van der Waals surface area contributed by atoms with Crippen molar-refractivity contribution in [1.29, 1.82) is 0 Å². The zero-order chi connectivity index (χ0) is 18.6. The second-order valence-electron chi connectivity index (χ2n) is 4.38. The monoisotopic (exact) mass is 385 g/mol. The number of hydrazone groups is 1. The molecule has 0 fully saturated rings. The summed E-state index contributed by atoms with van der Waals surface area (Å²) in [6, 6.07) is 4.41. The molecule has 1 aromatic heterocycles. The molecule has 0 spiro atoms. The molecule has 1 heterocycles. The molecule has 2 aromatic rings. The summed E-state index contributed by atoms with van der Waals surface area (Å²) in [6.45, 7) is 0. The van der Waals surface area contributed by atoms with Crippen LogP contribution >= 0.6 is 23.2 Å². The number of furan rings is 1. The first-order valence-electron chi connectivity index (χ1n) is 6.41. The molecule has 0 aliphatic rings. The fourth-order valence-corrected chi connectivity index (χ4v) is 1.93. The van der Waals surface area contributed by atoms with Crippen LogP contribution in [0.15, 0.2) is 39.9 Å². The highest BCUT2D eigenvalue weighted by molar-refractivity contribution is 6.35. The average Bonchev–Trinajstić information content (AvgIpc) is 3.00. The number of nitrogens with zero attached hydrogens (tertiary/aromatic N) is 3. The third-order valence-corrected chi connectivity index (χ3v) is 3.23. The number of hydrogen-bond acceptors (Lipinski definition) is 6. The smallest absolute Gasteiger partial charge is 0.400 e. The van der Waals surface area contributed by atoms with E-state index >= 15 is 0 Å². The number of primary amides is 1. The van der Waals surface area contributed by atoms with Gasteiger partial charge in [0.05, 0.1) is 23.0 Å². The second-order valence-corrected chi connectivity index (χ2v) is 5.23. The van der Waals surface area contributed by atoms with Crippen LogP contribution in [0.25, 0.3) is 0 Å². The molecule has 0 aliphatic heterocycles. The highest BCUT2D eigenvalue weighted by Crippen LogP contribution is 2.25. The van der Waals surface area contributed by atoms with Gasteiger partial charge in [-0.1, -0.05) is 23.2 Å². The molecule has 0 saturated carbocycles. The number of nitrogens with one attached hydrogen (secondary N) is 1. The van der Waals surface area contributed by atoms with E-state index in [0.29, 0.717) is 5.02 Å². The van der Waals surface area contributed by atoms with Crippen LogP contribution in [0.2, 0.25) is 10.0 Å². The number of benzene rings is 1. The van der Waals surface area contributed by atoms with Crippen LogP contribution in [-0.4, -0.2) is 28.2 Å². The molecule has 0 aliphatic carbocycles. The fraction of sp³-hybridized carbons (Fsp3) is 0. The van der Waals surface area contributed by atoms with Gasteiger partial charge < -0.3 is 15.5 Å². The number of imide groups is 1. The van der Waals surface area contributed by atoms with Crippen LogP contribution in [-0.2, 0) is 0 Å². The summed E-state index contributed by atoms with van der Waals surface area (Å²) in [7, 11) is 0. The second kappa shape index (κ2) is 7.64. The first kappa shape index (κ1) is 18.2. The maximum atomic E-state index is 12.1. The number of rotatable bonds is 4. The van der Waals surface area contributed by atoms with Crippen molar-refractivity contribution < 1.29 is 18.9 Å². The Kier molecular flexibility index (Phi) is 5.57. The number of carbonyl (C=O) groups excluding carboxylic acids is 2. The lowest BCUT2D eigenvalue weighted by molar-refractivity contribution is -0.402. The van der Waals surface area contributed by atoms with E-state index in [0.717, 1.165) is 12.3 Å². The van der Waals surface area contributed by atoms with Crippen LogP contribution < -0.4 is 11.1 Å². The summed E-state index contributed by atoms with van der Waals surface area (Å²) < 4.78 is 4.81. The molecule has 25 heavy (non-hydrogen) atoms. The van der Waals surface area contributed by atoms with Crippen molar-refractivity contribution in [1.82, 2.24) is 5.01 Å². The molecule has 0 saturated heterocycles. The van der Waals surface area contributed by atoms with Crippen LogP contribution in [0.5, 0.6) is 0 Å². The minimum Gasteiger partial charge on any atom is -0.400 e. The Bertz CT molecular complexity index is 866. The zero-order valence-electron chi connectivity index (χ0n) is 12.2. The lowest BCUT2D eigenvalue weighted by Crippen LogP contribution is -2.39.